The Balaban J connectivity index is 0.00000220. The van der Waals surface area contributed by atoms with Gasteiger partial charge in [-0.1, -0.05) is 31.3 Å². The van der Waals surface area contributed by atoms with E-state index in [0.717, 1.165) is 63.5 Å². The molecule has 0 aliphatic carbocycles. The van der Waals surface area contributed by atoms with Gasteiger partial charge in [0.25, 0.3) is 0 Å². The van der Waals surface area contributed by atoms with Crippen LogP contribution < -0.4 is 0 Å². The van der Waals surface area contributed by atoms with Crippen molar-refractivity contribution in [3.05, 3.63) is 16.0 Å². The van der Waals surface area contributed by atoms with Crippen molar-refractivity contribution in [2.75, 3.05) is 39.3 Å². The maximum Gasteiger partial charge on any atom is 3.00 e. The normalized spacial score (nSPS) is 29.2. The van der Waals surface area contributed by atoms with E-state index in [1.54, 1.807) is 0 Å². The number of aliphatic imine (C=N–C) groups is 2. The third-order valence-electron chi connectivity index (χ3n) is 3.93. The van der Waals surface area contributed by atoms with Gasteiger partial charge in [-0.25, -0.2) is 0 Å². The van der Waals surface area contributed by atoms with Crippen molar-refractivity contribution >= 4 is 11.4 Å². The number of hydrogen-bond donors (Lipinski definition) is 0. The third kappa shape index (κ3) is 6.57. The first kappa shape index (κ1) is 18.8. The summed E-state index contributed by atoms with van der Waals surface area (Å²) in [5.41, 5.74) is 2.33. The van der Waals surface area contributed by atoms with Gasteiger partial charge in [-0.3, -0.25) is 9.98 Å². The van der Waals surface area contributed by atoms with E-state index in [2.05, 4.69) is 34.5 Å². The minimum absolute atomic E-state index is 0. The van der Waals surface area contributed by atoms with Crippen molar-refractivity contribution in [1.29, 1.82) is 0 Å². The molecule has 2 unspecified atom stereocenters. The molecule has 0 spiro atoms. The number of fused-ring (bicyclic) bond motifs is 2. The quantitative estimate of drug-likeness (QED) is 0.613. The van der Waals surface area contributed by atoms with Crippen LogP contribution in [0.15, 0.2) is 9.98 Å². The van der Waals surface area contributed by atoms with E-state index in [1.165, 1.54) is 6.42 Å². The Morgan fingerprint density at radius 3 is 1.76 bits per heavy atom. The van der Waals surface area contributed by atoms with Crippen LogP contribution in [-0.4, -0.2) is 62.8 Å². The number of nitrogens with zero attached hydrogens (tertiary/aromatic N) is 5. The van der Waals surface area contributed by atoms with E-state index in [4.69, 9.17) is 5.32 Å². The first-order valence-electron chi connectivity index (χ1n) is 7.75. The van der Waals surface area contributed by atoms with Crippen molar-refractivity contribution in [2.45, 2.75) is 45.2 Å². The molecule has 6 heteroatoms. The standard InChI is InChI=1S/C15H26N5.Mn/c1-12-14-4-3-5-15(20-14)13(2)19-11-9-17-7-6-16-8-10-18-12;/h14-15H,3-11H2,1-2H3;/q-3;+3. The molecule has 1 fully saturated rings. The van der Waals surface area contributed by atoms with Gasteiger partial charge in [0.1, 0.15) is 0 Å². The molecule has 118 valence electrons. The van der Waals surface area contributed by atoms with Crippen LogP contribution >= 0.6 is 0 Å². The van der Waals surface area contributed by atoms with E-state index in [-0.39, 0.29) is 29.2 Å². The minimum atomic E-state index is 0. The third-order valence-corrected chi connectivity index (χ3v) is 3.93. The summed E-state index contributed by atoms with van der Waals surface area (Å²) < 4.78 is 0. The zero-order chi connectivity index (χ0) is 14.2. The van der Waals surface area contributed by atoms with Crippen molar-refractivity contribution in [3.63, 3.8) is 0 Å². The minimum Gasteiger partial charge on any atom is -0.662 e. The number of hydrogen-bond acceptors (Lipinski definition) is 2. The van der Waals surface area contributed by atoms with E-state index >= 15 is 0 Å². The van der Waals surface area contributed by atoms with Gasteiger partial charge in [0.15, 0.2) is 0 Å². The van der Waals surface area contributed by atoms with Gasteiger partial charge < -0.3 is 16.0 Å². The van der Waals surface area contributed by atoms with Crippen molar-refractivity contribution in [2.24, 2.45) is 9.98 Å². The Bertz CT molecular complexity index is 324. The van der Waals surface area contributed by atoms with Crippen LogP contribution in [0.5, 0.6) is 0 Å². The topological polar surface area (TPSA) is 67.0 Å². The molecule has 2 bridgehead atoms. The van der Waals surface area contributed by atoms with Gasteiger partial charge in [0.2, 0.25) is 0 Å². The molecule has 2 aliphatic heterocycles. The second-order valence-electron chi connectivity index (χ2n) is 5.50. The predicted octanol–water partition coefficient (Wildman–Crippen LogP) is 2.96. The largest absolute Gasteiger partial charge is 3.00 e. The molecule has 0 aromatic heterocycles. The molecule has 2 atom stereocenters. The van der Waals surface area contributed by atoms with Crippen molar-refractivity contribution in [1.82, 2.24) is 0 Å². The fourth-order valence-electron chi connectivity index (χ4n) is 2.67. The molecular formula is C15H26MnN5. The average molecular weight is 331 g/mol. The Kier molecular flexibility index (Phi) is 9.36. The van der Waals surface area contributed by atoms with E-state index in [1.807, 2.05) is 0 Å². The Morgan fingerprint density at radius 2 is 1.29 bits per heavy atom. The van der Waals surface area contributed by atoms with E-state index in [0.29, 0.717) is 0 Å². The van der Waals surface area contributed by atoms with Gasteiger partial charge in [-0.05, 0) is 25.3 Å². The van der Waals surface area contributed by atoms with Crippen LogP contribution in [0.2, 0.25) is 0 Å². The Hall–Kier alpha value is -0.261. The maximum atomic E-state index is 4.93. The number of piperidine rings is 1. The number of rotatable bonds is 0. The molecule has 0 saturated carbocycles. The summed E-state index contributed by atoms with van der Waals surface area (Å²) in [6.45, 7) is 9.02. The van der Waals surface area contributed by atoms with Crippen LogP contribution in [0.4, 0.5) is 0 Å². The first-order chi connectivity index (χ1) is 9.77. The smallest absolute Gasteiger partial charge is 0.662 e. The van der Waals surface area contributed by atoms with Gasteiger partial charge >= 0.3 is 17.1 Å². The molecule has 0 radical (unpaired) electrons. The second kappa shape index (κ2) is 10.5. The summed E-state index contributed by atoms with van der Waals surface area (Å²) >= 11 is 0. The molecule has 21 heavy (non-hydrogen) atoms. The molecule has 0 aromatic carbocycles. The predicted molar refractivity (Wildman–Crippen MR) is 86.9 cm³/mol. The SMILES string of the molecule is CC1=NCC[N-]CC[N-]CCN=C(C)C2CCCC1[N-]2.[Mn+3]. The van der Waals surface area contributed by atoms with Gasteiger partial charge in [-0.2, -0.15) is 13.1 Å². The van der Waals surface area contributed by atoms with E-state index < -0.39 is 0 Å². The van der Waals surface area contributed by atoms with Gasteiger partial charge in [0, 0.05) is 13.1 Å². The first-order valence-corrected chi connectivity index (χ1v) is 7.75. The molecular weight excluding hydrogens is 305 g/mol. The Morgan fingerprint density at radius 1 is 0.810 bits per heavy atom. The van der Waals surface area contributed by atoms with Crippen LogP contribution in [0, 0.1) is 0 Å². The van der Waals surface area contributed by atoms with Crippen LogP contribution in [0.1, 0.15) is 33.1 Å². The van der Waals surface area contributed by atoms with Crippen LogP contribution in [0.25, 0.3) is 16.0 Å². The van der Waals surface area contributed by atoms with Gasteiger partial charge in [-0.15, -0.1) is 13.1 Å². The van der Waals surface area contributed by atoms with Gasteiger partial charge in [0.05, 0.1) is 0 Å². The summed E-state index contributed by atoms with van der Waals surface area (Å²) in [4.78, 5) is 9.28. The fourth-order valence-corrected chi connectivity index (χ4v) is 2.67. The summed E-state index contributed by atoms with van der Waals surface area (Å²) in [7, 11) is 0. The average Bonchev–Trinajstić information content (AvgIpc) is 2.48. The Labute approximate surface area is 139 Å². The monoisotopic (exact) mass is 331 g/mol. The maximum absolute atomic E-state index is 4.93. The summed E-state index contributed by atoms with van der Waals surface area (Å²) in [5, 5.41) is 13.8. The second-order valence-corrected chi connectivity index (χ2v) is 5.50. The van der Waals surface area contributed by atoms with Crippen molar-refractivity contribution < 1.29 is 17.1 Å². The molecule has 0 amide bonds. The molecule has 0 N–H and O–H groups in total. The fraction of sp³-hybridized carbons (Fsp3) is 0.867. The molecule has 2 rings (SSSR count). The molecule has 2 aliphatic rings. The summed E-state index contributed by atoms with van der Waals surface area (Å²) in [6.07, 6.45) is 3.48. The summed E-state index contributed by atoms with van der Waals surface area (Å²) in [6, 6.07) is 0.572. The van der Waals surface area contributed by atoms with Crippen molar-refractivity contribution in [3.8, 4) is 0 Å². The summed E-state index contributed by atoms with van der Waals surface area (Å²) in [5.74, 6) is 0. The van der Waals surface area contributed by atoms with Crippen LogP contribution in [0.3, 0.4) is 0 Å². The molecule has 1 saturated heterocycles. The molecule has 2 heterocycles. The van der Waals surface area contributed by atoms with E-state index in [9.17, 15) is 0 Å². The zero-order valence-electron chi connectivity index (χ0n) is 13.1. The van der Waals surface area contributed by atoms with Crippen LogP contribution in [-0.2, 0) is 17.1 Å². The zero-order valence-corrected chi connectivity index (χ0v) is 14.3. The molecule has 5 nitrogen and oxygen atoms in total. The molecule has 0 aromatic rings.